The Balaban J connectivity index is 2.13. The van der Waals surface area contributed by atoms with Crippen molar-refractivity contribution in [2.75, 3.05) is 26.2 Å². The Morgan fingerprint density at radius 3 is 2.15 bits per heavy atom. The third-order valence-corrected chi connectivity index (χ3v) is 5.96. The van der Waals surface area contributed by atoms with Gasteiger partial charge in [-0.3, -0.25) is 4.79 Å². The Bertz CT molecular complexity index is 578. The summed E-state index contributed by atoms with van der Waals surface area (Å²) in [4.78, 5) is 13.2. The summed E-state index contributed by atoms with van der Waals surface area (Å²) in [5.74, 6) is -0.0104. The Labute approximate surface area is 127 Å². The molecule has 0 atom stereocenters. The summed E-state index contributed by atoms with van der Waals surface area (Å²) in [6, 6.07) is 6.85. The average molecular weight is 361 g/mol. The minimum Gasteiger partial charge on any atom is -0.340 e. The van der Waals surface area contributed by atoms with Gasteiger partial charge in [-0.05, 0) is 17.7 Å². The summed E-state index contributed by atoms with van der Waals surface area (Å²) in [5.41, 5.74) is 1.03. The second kappa shape index (κ2) is 6.24. The van der Waals surface area contributed by atoms with Gasteiger partial charge < -0.3 is 4.90 Å². The molecule has 1 aliphatic heterocycles. The second-order valence-electron chi connectivity index (χ2n) is 4.69. The predicted molar refractivity (Wildman–Crippen MR) is 80.1 cm³/mol. The van der Waals surface area contributed by atoms with Gasteiger partial charge in [-0.25, -0.2) is 8.42 Å². The molecule has 0 radical (unpaired) electrons. The topological polar surface area (TPSA) is 57.7 Å². The zero-order chi connectivity index (χ0) is 14.8. The molecule has 1 heterocycles. The molecule has 0 unspecified atom stereocenters. The van der Waals surface area contributed by atoms with E-state index in [1.807, 2.05) is 0 Å². The van der Waals surface area contributed by atoms with Gasteiger partial charge in [0.2, 0.25) is 15.9 Å². The lowest BCUT2D eigenvalue weighted by molar-refractivity contribution is -0.129. The van der Waals surface area contributed by atoms with Gasteiger partial charge in [-0.15, -0.1) is 0 Å². The molecule has 0 N–H and O–H groups in total. The second-order valence-corrected chi connectivity index (χ2v) is 7.19. The third kappa shape index (κ3) is 3.21. The molecule has 1 saturated heterocycles. The van der Waals surface area contributed by atoms with Crippen molar-refractivity contribution in [3.8, 4) is 0 Å². The van der Waals surface area contributed by atoms with Crippen molar-refractivity contribution >= 4 is 31.9 Å². The number of hydrogen-bond donors (Lipinski definition) is 0. The van der Waals surface area contributed by atoms with Gasteiger partial charge in [0, 0.05) is 38.4 Å². The molecule has 0 saturated carbocycles. The van der Waals surface area contributed by atoms with E-state index in [9.17, 15) is 13.2 Å². The maximum atomic E-state index is 12.5. The first-order valence-corrected chi connectivity index (χ1v) is 8.92. The van der Waals surface area contributed by atoms with Crippen LogP contribution in [0.4, 0.5) is 0 Å². The quantitative estimate of drug-likeness (QED) is 0.766. The molecule has 0 spiro atoms. The van der Waals surface area contributed by atoms with Crippen molar-refractivity contribution in [2.45, 2.75) is 17.1 Å². The fourth-order valence-electron chi connectivity index (χ4n) is 2.14. The highest BCUT2D eigenvalue weighted by Crippen LogP contribution is 2.19. The van der Waals surface area contributed by atoms with Crippen molar-refractivity contribution in [2.24, 2.45) is 0 Å². The first-order valence-electron chi connectivity index (χ1n) is 6.35. The Hall–Kier alpha value is -0.920. The normalized spacial score (nSPS) is 17.2. The van der Waals surface area contributed by atoms with Gasteiger partial charge in [0.05, 0.1) is 4.90 Å². The number of piperazine rings is 1. The van der Waals surface area contributed by atoms with Gasteiger partial charge in [-0.1, -0.05) is 28.1 Å². The van der Waals surface area contributed by atoms with Gasteiger partial charge in [0.15, 0.2) is 0 Å². The van der Waals surface area contributed by atoms with E-state index >= 15 is 0 Å². The lowest BCUT2D eigenvalue weighted by Crippen LogP contribution is -2.49. The molecule has 1 fully saturated rings. The molecular weight excluding hydrogens is 344 g/mol. The Kier molecular flexibility index (Phi) is 4.82. The highest BCUT2D eigenvalue weighted by molar-refractivity contribution is 9.08. The smallest absolute Gasteiger partial charge is 0.243 e. The van der Waals surface area contributed by atoms with Crippen LogP contribution in [0.5, 0.6) is 0 Å². The number of amides is 1. The zero-order valence-corrected chi connectivity index (χ0v) is 13.7. The molecule has 0 aliphatic carbocycles. The van der Waals surface area contributed by atoms with Gasteiger partial charge in [-0.2, -0.15) is 4.31 Å². The van der Waals surface area contributed by atoms with E-state index < -0.39 is 10.0 Å². The van der Waals surface area contributed by atoms with Crippen LogP contribution < -0.4 is 0 Å². The fraction of sp³-hybridized carbons (Fsp3) is 0.462. The average Bonchev–Trinajstić information content (AvgIpc) is 2.47. The van der Waals surface area contributed by atoms with E-state index in [4.69, 9.17) is 0 Å². The number of halogens is 1. The molecule has 2 rings (SSSR count). The third-order valence-electron chi connectivity index (χ3n) is 3.40. The van der Waals surface area contributed by atoms with E-state index in [2.05, 4.69) is 15.9 Å². The van der Waals surface area contributed by atoms with Crippen molar-refractivity contribution in [3.05, 3.63) is 29.8 Å². The van der Waals surface area contributed by atoms with E-state index in [0.717, 1.165) is 5.56 Å². The SMILES string of the molecule is CC(=O)N1CCN(S(=O)(=O)c2ccc(CBr)cc2)CC1. The first-order chi connectivity index (χ1) is 9.45. The van der Waals surface area contributed by atoms with Crippen LogP contribution in [0.15, 0.2) is 29.2 Å². The fourth-order valence-corrected chi connectivity index (χ4v) is 3.94. The summed E-state index contributed by atoms with van der Waals surface area (Å²) in [6.45, 7) is 3.11. The summed E-state index contributed by atoms with van der Waals surface area (Å²) in [5, 5.41) is 0.699. The summed E-state index contributed by atoms with van der Waals surface area (Å²) in [6.07, 6.45) is 0. The molecule has 0 bridgehead atoms. The van der Waals surface area contributed by atoms with Crippen LogP contribution in [0, 0.1) is 0 Å². The minimum atomic E-state index is -3.46. The molecule has 1 aromatic carbocycles. The van der Waals surface area contributed by atoms with Crippen LogP contribution in [0.3, 0.4) is 0 Å². The molecule has 5 nitrogen and oxygen atoms in total. The first kappa shape index (κ1) is 15.5. The number of sulfonamides is 1. The van der Waals surface area contributed by atoms with Crippen LogP contribution in [-0.2, 0) is 20.1 Å². The van der Waals surface area contributed by atoms with Crippen molar-refractivity contribution in [3.63, 3.8) is 0 Å². The largest absolute Gasteiger partial charge is 0.340 e. The van der Waals surface area contributed by atoms with Crippen molar-refractivity contribution < 1.29 is 13.2 Å². The molecule has 110 valence electrons. The van der Waals surface area contributed by atoms with Crippen molar-refractivity contribution in [1.29, 1.82) is 0 Å². The standard InChI is InChI=1S/C13H17BrN2O3S/c1-11(17)15-6-8-16(9-7-15)20(18,19)13-4-2-12(10-14)3-5-13/h2-5H,6-10H2,1H3. The highest BCUT2D eigenvalue weighted by Gasteiger charge is 2.28. The predicted octanol–water partition coefficient (Wildman–Crippen LogP) is 1.43. The lowest BCUT2D eigenvalue weighted by atomic mass is 10.2. The number of hydrogen-bond acceptors (Lipinski definition) is 3. The van der Waals surface area contributed by atoms with Crippen LogP contribution in [0.25, 0.3) is 0 Å². The summed E-state index contributed by atoms with van der Waals surface area (Å²) in [7, 11) is -3.46. The Morgan fingerprint density at radius 1 is 1.15 bits per heavy atom. The molecular formula is C13H17BrN2O3S. The number of alkyl halides is 1. The van der Waals surface area contributed by atoms with Crippen LogP contribution in [0.2, 0.25) is 0 Å². The highest BCUT2D eigenvalue weighted by atomic mass is 79.9. The van der Waals surface area contributed by atoms with Gasteiger partial charge >= 0.3 is 0 Å². The van der Waals surface area contributed by atoms with Crippen LogP contribution >= 0.6 is 15.9 Å². The van der Waals surface area contributed by atoms with E-state index in [1.54, 1.807) is 29.2 Å². The van der Waals surface area contributed by atoms with Crippen LogP contribution in [0.1, 0.15) is 12.5 Å². The molecule has 20 heavy (non-hydrogen) atoms. The number of carbonyl (C=O) groups is 1. The number of nitrogens with zero attached hydrogens (tertiary/aromatic N) is 2. The number of carbonyl (C=O) groups excluding carboxylic acids is 1. The number of rotatable bonds is 3. The van der Waals surface area contributed by atoms with E-state index in [1.165, 1.54) is 11.2 Å². The van der Waals surface area contributed by atoms with Gasteiger partial charge in [0.1, 0.15) is 0 Å². The maximum absolute atomic E-state index is 12.5. The molecule has 1 amide bonds. The van der Waals surface area contributed by atoms with Gasteiger partial charge in [0.25, 0.3) is 0 Å². The Morgan fingerprint density at radius 2 is 1.70 bits per heavy atom. The van der Waals surface area contributed by atoms with Crippen LogP contribution in [-0.4, -0.2) is 49.7 Å². The molecule has 1 aliphatic rings. The summed E-state index contributed by atoms with van der Waals surface area (Å²) >= 11 is 3.33. The van der Waals surface area contributed by atoms with Crippen molar-refractivity contribution in [1.82, 2.24) is 9.21 Å². The maximum Gasteiger partial charge on any atom is 0.243 e. The zero-order valence-electron chi connectivity index (χ0n) is 11.3. The van der Waals surface area contributed by atoms with E-state index in [-0.39, 0.29) is 5.91 Å². The summed E-state index contributed by atoms with van der Waals surface area (Å²) < 4.78 is 26.4. The molecule has 7 heteroatoms. The number of benzene rings is 1. The monoisotopic (exact) mass is 360 g/mol. The molecule has 1 aromatic rings. The molecule has 0 aromatic heterocycles. The lowest BCUT2D eigenvalue weighted by Gasteiger charge is -2.33. The minimum absolute atomic E-state index is 0.0104. The van der Waals surface area contributed by atoms with E-state index in [0.29, 0.717) is 36.4 Å².